The maximum atomic E-state index is 11.6. The van der Waals surface area contributed by atoms with Crippen LogP contribution in [0.5, 0.6) is 0 Å². The van der Waals surface area contributed by atoms with Gasteiger partial charge in [-0.2, -0.15) is 0 Å². The highest BCUT2D eigenvalue weighted by atomic mass is 16.2. The van der Waals surface area contributed by atoms with Crippen LogP contribution >= 0.6 is 0 Å². The smallest absolute Gasteiger partial charge is 0.243 e. The monoisotopic (exact) mass is 311 g/mol. The van der Waals surface area contributed by atoms with Crippen molar-refractivity contribution in [2.24, 2.45) is 4.99 Å². The molecule has 128 valence electrons. The lowest BCUT2D eigenvalue weighted by molar-refractivity contribution is -0.127. The maximum Gasteiger partial charge on any atom is 0.243 e. The summed E-state index contributed by atoms with van der Waals surface area (Å²) in [5, 5.41) is 6.40. The van der Waals surface area contributed by atoms with E-state index in [9.17, 15) is 4.79 Å². The third kappa shape index (κ3) is 8.67. The predicted octanol–water partition coefficient (Wildman–Crippen LogP) is 0.915. The Kier molecular flexibility index (Phi) is 10.3. The molecule has 0 saturated heterocycles. The van der Waals surface area contributed by atoms with Gasteiger partial charge in [-0.15, -0.1) is 6.58 Å². The van der Waals surface area contributed by atoms with E-state index in [4.69, 9.17) is 0 Å². The Morgan fingerprint density at radius 3 is 2.23 bits per heavy atom. The second kappa shape index (κ2) is 11.1. The van der Waals surface area contributed by atoms with Gasteiger partial charge in [0.2, 0.25) is 5.91 Å². The first-order chi connectivity index (χ1) is 10.3. The van der Waals surface area contributed by atoms with Gasteiger partial charge in [0.25, 0.3) is 0 Å². The third-order valence-electron chi connectivity index (χ3n) is 3.27. The van der Waals surface area contributed by atoms with E-state index in [0.29, 0.717) is 24.6 Å². The second-order valence-corrected chi connectivity index (χ2v) is 5.97. The molecule has 0 aliphatic rings. The summed E-state index contributed by atoms with van der Waals surface area (Å²) in [6.07, 6.45) is 1.76. The molecule has 0 fully saturated rings. The average Bonchev–Trinajstić information content (AvgIpc) is 2.43. The van der Waals surface area contributed by atoms with Gasteiger partial charge in [-0.05, 0) is 27.7 Å². The largest absolute Gasteiger partial charge is 0.355 e. The number of carbonyl (C=O) groups excluding carboxylic acids is 1. The van der Waals surface area contributed by atoms with Crippen molar-refractivity contribution in [2.45, 2.75) is 39.8 Å². The number of hydrogen-bond acceptors (Lipinski definition) is 3. The Morgan fingerprint density at radius 2 is 1.77 bits per heavy atom. The Labute approximate surface area is 135 Å². The molecule has 0 spiro atoms. The highest BCUT2D eigenvalue weighted by molar-refractivity contribution is 5.84. The van der Waals surface area contributed by atoms with E-state index in [2.05, 4.69) is 54.8 Å². The molecule has 0 aromatic heterocycles. The van der Waals surface area contributed by atoms with Crippen LogP contribution in [-0.4, -0.2) is 74.0 Å². The molecule has 6 nitrogen and oxygen atoms in total. The molecule has 2 N–H and O–H groups in total. The van der Waals surface area contributed by atoms with E-state index in [1.54, 1.807) is 20.2 Å². The molecular weight excluding hydrogens is 278 g/mol. The molecule has 0 saturated carbocycles. The van der Waals surface area contributed by atoms with Crippen LogP contribution in [0, 0.1) is 0 Å². The lowest BCUT2D eigenvalue weighted by Crippen LogP contribution is -2.45. The number of nitrogens with one attached hydrogen (secondary N) is 2. The molecule has 0 bridgehead atoms. The molecule has 1 amide bonds. The molecule has 0 rings (SSSR count). The first-order valence-corrected chi connectivity index (χ1v) is 7.88. The number of guanidine groups is 1. The van der Waals surface area contributed by atoms with Crippen LogP contribution in [0.2, 0.25) is 0 Å². The Bertz CT molecular complexity index is 356. The number of nitrogens with zero attached hydrogens (tertiary/aromatic N) is 3. The minimum atomic E-state index is -0.0225. The molecule has 22 heavy (non-hydrogen) atoms. The zero-order valence-corrected chi connectivity index (χ0v) is 15.0. The van der Waals surface area contributed by atoms with Gasteiger partial charge in [0.1, 0.15) is 6.54 Å². The van der Waals surface area contributed by atoms with E-state index in [0.717, 1.165) is 13.1 Å². The molecule has 0 heterocycles. The Morgan fingerprint density at radius 1 is 1.18 bits per heavy atom. The average molecular weight is 311 g/mol. The lowest BCUT2D eigenvalue weighted by atomic mass is 10.2. The first kappa shape index (κ1) is 20.4. The highest BCUT2D eigenvalue weighted by Gasteiger charge is 2.12. The van der Waals surface area contributed by atoms with E-state index in [-0.39, 0.29) is 12.5 Å². The summed E-state index contributed by atoms with van der Waals surface area (Å²) in [4.78, 5) is 19.9. The molecule has 0 aliphatic carbocycles. The Hall–Kier alpha value is -1.56. The van der Waals surface area contributed by atoms with E-state index in [1.807, 2.05) is 0 Å². The minimum absolute atomic E-state index is 0.0225. The second-order valence-electron chi connectivity index (χ2n) is 5.97. The van der Waals surface area contributed by atoms with Gasteiger partial charge in [-0.1, -0.05) is 6.08 Å². The molecular formula is C16H33N5O. The Balaban J connectivity index is 4.49. The maximum absolute atomic E-state index is 11.6. The van der Waals surface area contributed by atoms with Crippen molar-refractivity contribution in [3.05, 3.63) is 12.7 Å². The van der Waals surface area contributed by atoms with Crippen molar-refractivity contribution in [3.8, 4) is 0 Å². The first-order valence-electron chi connectivity index (χ1n) is 7.88. The van der Waals surface area contributed by atoms with Gasteiger partial charge in [-0.25, -0.2) is 4.99 Å². The van der Waals surface area contributed by atoms with E-state index < -0.39 is 0 Å². The van der Waals surface area contributed by atoms with Crippen molar-refractivity contribution in [1.82, 2.24) is 20.4 Å². The van der Waals surface area contributed by atoms with Crippen LogP contribution < -0.4 is 10.6 Å². The molecule has 6 heteroatoms. The summed E-state index contributed by atoms with van der Waals surface area (Å²) in [5.41, 5.74) is 0. The topological polar surface area (TPSA) is 60.0 Å². The predicted molar refractivity (Wildman–Crippen MR) is 94.2 cm³/mol. The summed E-state index contributed by atoms with van der Waals surface area (Å²) in [6.45, 7) is 14.9. The van der Waals surface area contributed by atoms with Crippen molar-refractivity contribution in [2.75, 3.05) is 40.3 Å². The zero-order chi connectivity index (χ0) is 17.1. The summed E-state index contributed by atoms with van der Waals surface area (Å²) in [7, 11) is 3.45. The number of likely N-dealkylation sites (N-methyl/N-ethyl adjacent to an activating group) is 1. The fraction of sp³-hybridized carbons (Fsp3) is 0.750. The molecule has 0 aromatic carbocycles. The van der Waals surface area contributed by atoms with Gasteiger partial charge < -0.3 is 15.5 Å². The number of aliphatic imine (C=N–C) groups is 1. The number of rotatable bonds is 9. The fourth-order valence-corrected chi connectivity index (χ4v) is 2.05. The molecule has 0 unspecified atom stereocenters. The molecule has 0 aliphatic heterocycles. The van der Waals surface area contributed by atoms with E-state index in [1.165, 1.54) is 4.90 Å². The number of carbonyl (C=O) groups is 1. The van der Waals surface area contributed by atoms with Gasteiger partial charge in [0.15, 0.2) is 5.96 Å². The van der Waals surface area contributed by atoms with Crippen LogP contribution in [0.4, 0.5) is 0 Å². The highest BCUT2D eigenvalue weighted by Crippen LogP contribution is 2.03. The SMILES string of the molecule is C=CCNC(=NCC(=O)N(C)C)NCCN(C(C)C)C(C)C. The zero-order valence-electron chi connectivity index (χ0n) is 15.0. The molecule has 0 atom stereocenters. The summed E-state index contributed by atoms with van der Waals surface area (Å²) in [5.74, 6) is 0.619. The summed E-state index contributed by atoms with van der Waals surface area (Å²) >= 11 is 0. The number of hydrogen-bond donors (Lipinski definition) is 2. The van der Waals surface area contributed by atoms with Gasteiger partial charge in [-0.3, -0.25) is 9.69 Å². The van der Waals surface area contributed by atoms with Gasteiger partial charge >= 0.3 is 0 Å². The standard InChI is InChI=1S/C16H33N5O/c1-8-9-17-16(19-12-15(22)20(6)7)18-10-11-21(13(2)3)14(4)5/h8,13-14H,1,9-12H2,2-7H3,(H2,17,18,19). The van der Waals surface area contributed by atoms with Crippen molar-refractivity contribution < 1.29 is 4.79 Å². The number of amides is 1. The van der Waals surface area contributed by atoms with Crippen LogP contribution in [-0.2, 0) is 4.79 Å². The van der Waals surface area contributed by atoms with E-state index >= 15 is 0 Å². The minimum Gasteiger partial charge on any atom is -0.355 e. The van der Waals surface area contributed by atoms with Crippen LogP contribution in [0.3, 0.4) is 0 Å². The van der Waals surface area contributed by atoms with Crippen molar-refractivity contribution >= 4 is 11.9 Å². The normalized spacial score (nSPS) is 12.0. The van der Waals surface area contributed by atoms with Crippen LogP contribution in [0.25, 0.3) is 0 Å². The van der Waals surface area contributed by atoms with Gasteiger partial charge in [0.05, 0.1) is 0 Å². The molecule has 0 radical (unpaired) electrons. The third-order valence-corrected chi connectivity index (χ3v) is 3.27. The van der Waals surface area contributed by atoms with Gasteiger partial charge in [0, 0.05) is 45.8 Å². The quantitative estimate of drug-likeness (QED) is 0.378. The summed E-state index contributed by atoms with van der Waals surface area (Å²) in [6, 6.07) is 0.997. The fourth-order valence-electron chi connectivity index (χ4n) is 2.05. The van der Waals surface area contributed by atoms with Crippen molar-refractivity contribution in [3.63, 3.8) is 0 Å². The lowest BCUT2D eigenvalue weighted by Gasteiger charge is -2.30. The van der Waals surface area contributed by atoms with Crippen molar-refractivity contribution in [1.29, 1.82) is 0 Å². The molecule has 0 aromatic rings. The van der Waals surface area contributed by atoms with Crippen LogP contribution in [0.1, 0.15) is 27.7 Å². The summed E-state index contributed by atoms with van der Waals surface area (Å²) < 4.78 is 0. The van der Waals surface area contributed by atoms with Crippen LogP contribution in [0.15, 0.2) is 17.6 Å².